The third-order valence-corrected chi connectivity index (χ3v) is 3.10. The minimum Gasteiger partial charge on any atom is -0.497 e. The van der Waals surface area contributed by atoms with Crippen molar-refractivity contribution in [2.75, 3.05) is 13.7 Å². The van der Waals surface area contributed by atoms with Crippen molar-refractivity contribution in [2.24, 2.45) is 0 Å². The molecule has 0 spiro atoms. The molecule has 0 aliphatic heterocycles. The molecule has 114 valence electrons. The number of alkyl halides is 3. The largest absolute Gasteiger partial charge is 0.497 e. The van der Waals surface area contributed by atoms with Crippen LogP contribution in [0.3, 0.4) is 0 Å². The maximum absolute atomic E-state index is 12.3. The Morgan fingerprint density at radius 3 is 2.35 bits per heavy atom. The third kappa shape index (κ3) is 6.80. The second-order valence-corrected chi connectivity index (χ2v) is 4.86. The molecule has 1 atom stereocenters. The molecule has 0 bridgehead atoms. The molecule has 2 nitrogen and oxygen atoms in total. The summed E-state index contributed by atoms with van der Waals surface area (Å²) >= 11 is 0. The molecule has 0 aliphatic rings. The van der Waals surface area contributed by atoms with E-state index in [1.807, 2.05) is 31.2 Å². The average Bonchev–Trinajstić information content (AvgIpc) is 2.41. The highest BCUT2D eigenvalue weighted by Crippen LogP contribution is 2.23. The fourth-order valence-corrected chi connectivity index (χ4v) is 2.01. The molecule has 0 saturated carbocycles. The summed E-state index contributed by atoms with van der Waals surface area (Å²) in [5.74, 6) is 0.752. The average molecular weight is 289 g/mol. The lowest BCUT2D eigenvalue weighted by atomic mass is 10.0. The molecule has 20 heavy (non-hydrogen) atoms. The summed E-state index contributed by atoms with van der Waals surface area (Å²) in [5.41, 5.74) is 1.02. The van der Waals surface area contributed by atoms with Crippen molar-refractivity contribution in [1.29, 1.82) is 0 Å². The van der Waals surface area contributed by atoms with Crippen LogP contribution in [0.4, 0.5) is 13.2 Å². The van der Waals surface area contributed by atoms with Crippen molar-refractivity contribution in [1.82, 2.24) is 5.32 Å². The lowest BCUT2D eigenvalue weighted by Gasteiger charge is -2.19. The number of hydrogen-bond donors (Lipinski definition) is 1. The number of ether oxygens (including phenoxy) is 1. The summed E-state index contributed by atoms with van der Waals surface area (Å²) in [6.07, 6.45) is -3.22. The van der Waals surface area contributed by atoms with E-state index in [1.165, 1.54) is 0 Å². The minimum absolute atomic E-state index is 0.107. The molecule has 0 aromatic heterocycles. The van der Waals surface area contributed by atoms with E-state index < -0.39 is 12.6 Å². The highest BCUT2D eigenvalue weighted by atomic mass is 19.4. The van der Waals surface area contributed by atoms with E-state index in [0.717, 1.165) is 24.3 Å². The Labute approximate surface area is 118 Å². The first-order valence-electron chi connectivity index (χ1n) is 6.87. The molecule has 1 aromatic rings. The van der Waals surface area contributed by atoms with Crippen molar-refractivity contribution in [3.63, 3.8) is 0 Å². The molecule has 0 saturated heterocycles. The van der Waals surface area contributed by atoms with E-state index in [-0.39, 0.29) is 12.5 Å². The Bertz CT molecular complexity index is 376. The van der Waals surface area contributed by atoms with Crippen LogP contribution in [0.2, 0.25) is 0 Å². The normalized spacial score (nSPS) is 13.2. The molecule has 0 aliphatic carbocycles. The van der Waals surface area contributed by atoms with Gasteiger partial charge in [-0.15, -0.1) is 0 Å². The van der Waals surface area contributed by atoms with Gasteiger partial charge < -0.3 is 10.1 Å². The summed E-state index contributed by atoms with van der Waals surface area (Å²) in [4.78, 5) is 0. The topological polar surface area (TPSA) is 21.3 Å². The molecule has 1 aromatic carbocycles. The maximum Gasteiger partial charge on any atom is 0.389 e. The lowest BCUT2D eigenvalue weighted by Crippen LogP contribution is -2.33. The van der Waals surface area contributed by atoms with Gasteiger partial charge in [0.2, 0.25) is 0 Å². The van der Waals surface area contributed by atoms with E-state index in [1.54, 1.807) is 7.11 Å². The van der Waals surface area contributed by atoms with Gasteiger partial charge in [0.25, 0.3) is 0 Å². The number of hydrogen-bond acceptors (Lipinski definition) is 2. The van der Waals surface area contributed by atoms with Crippen LogP contribution in [0.15, 0.2) is 24.3 Å². The molecule has 1 N–H and O–H groups in total. The predicted octanol–water partition coefficient (Wildman–Crippen LogP) is 3.95. The highest BCUT2D eigenvalue weighted by molar-refractivity contribution is 5.27. The summed E-state index contributed by atoms with van der Waals surface area (Å²) in [6.45, 7) is 2.74. The van der Waals surface area contributed by atoms with Gasteiger partial charge in [0, 0.05) is 12.5 Å². The fourth-order valence-electron chi connectivity index (χ4n) is 2.01. The van der Waals surface area contributed by atoms with Crippen molar-refractivity contribution in [3.05, 3.63) is 29.8 Å². The van der Waals surface area contributed by atoms with Gasteiger partial charge in [-0.1, -0.05) is 19.1 Å². The molecule has 5 heteroatoms. The van der Waals surface area contributed by atoms with Gasteiger partial charge in [-0.2, -0.15) is 13.2 Å². The number of methoxy groups -OCH3 is 1. The number of benzene rings is 1. The second kappa shape index (κ2) is 8.15. The lowest BCUT2D eigenvalue weighted by molar-refractivity contribution is -0.136. The summed E-state index contributed by atoms with van der Waals surface area (Å²) in [6, 6.07) is 7.30. The Balaban J connectivity index is 2.57. The molecule has 0 radical (unpaired) electrons. The van der Waals surface area contributed by atoms with Crippen molar-refractivity contribution >= 4 is 0 Å². The second-order valence-electron chi connectivity index (χ2n) is 4.86. The monoisotopic (exact) mass is 289 g/mol. The molecule has 0 heterocycles. The zero-order chi connectivity index (χ0) is 15.0. The van der Waals surface area contributed by atoms with Crippen molar-refractivity contribution < 1.29 is 17.9 Å². The van der Waals surface area contributed by atoms with Crippen LogP contribution < -0.4 is 10.1 Å². The van der Waals surface area contributed by atoms with E-state index in [4.69, 9.17) is 4.74 Å². The first-order valence-corrected chi connectivity index (χ1v) is 6.87. The third-order valence-electron chi connectivity index (χ3n) is 3.10. The van der Waals surface area contributed by atoms with Crippen LogP contribution in [-0.4, -0.2) is 25.9 Å². The predicted molar refractivity (Wildman–Crippen MR) is 74.1 cm³/mol. The van der Waals surface area contributed by atoms with Gasteiger partial charge in [0.1, 0.15) is 5.75 Å². The van der Waals surface area contributed by atoms with Crippen LogP contribution in [-0.2, 0) is 6.42 Å². The van der Waals surface area contributed by atoms with Gasteiger partial charge in [-0.05, 0) is 43.5 Å². The van der Waals surface area contributed by atoms with Gasteiger partial charge >= 0.3 is 6.18 Å². The van der Waals surface area contributed by atoms with E-state index in [2.05, 4.69) is 5.32 Å². The van der Waals surface area contributed by atoms with Gasteiger partial charge in [-0.25, -0.2) is 0 Å². The standard InChI is InChI=1S/C15H22F3NO/c1-3-10-19-13(8-9-15(16,17)18)11-12-4-6-14(20-2)7-5-12/h4-7,13,19H,3,8-11H2,1-2H3. The smallest absolute Gasteiger partial charge is 0.389 e. The van der Waals surface area contributed by atoms with E-state index in [9.17, 15) is 13.2 Å². The molecular weight excluding hydrogens is 267 g/mol. The fraction of sp³-hybridized carbons (Fsp3) is 0.600. The molecular formula is C15H22F3NO. The maximum atomic E-state index is 12.3. The van der Waals surface area contributed by atoms with E-state index >= 15 is 0 Å². The van der Waals surface area contributed by atoms with Crippen LogP contribution >= 0.6 is 0 Å². The van der Waals surface area contributed by atoms with Gasteiger partial charge in [-0.3, -0.25) is 0 Å². The number of rotatable bonds is 8. The Kier molecular flexibility index (Phi) is 6.85. The first-order chi connectivity index (χ1) is 9.44. The number of halogens is 3. The summed E-state index contributed by atoms with van der Waals surface area (Å²) in [7, 11) is 1.59. The highest BCUT2D eigenvalue weighted by Gasteiger charge is 2.28. The Morgan fingerprint density at radius 1 is 1.20 bits per heavy atom. The van der Waals surface area contributed by atoms with E-state index in [0.29, 0.717) is 6.42 Å². The van der Waals surface area contributed by atoms with Crippen molar-refractivity contribution in [3.8, 4) is 5.75 Å². The zero-order valence-electron chi connectivity index (χ0n) is 12.0. The SMILES string of the molecule is CCCNC(CCC(F)(F)F)Cc1ccc(OC)cc1. The Morgan fingerprint density at radius 2 is 1.85 bits per heavy atom. The zero-order valence-corrected chi connectivity index (χ0v) is 12.0. The van der Waals surface area contributed by atoms with Crippen molar-refractivity contribution in [2.45, 2.75) is 44.8 Å². The summed E-state index contributed by atoms with van der Waals surface area (Å²) in [5, 5.41) is 3.19. The number of nitrogens with one attached hydrogen (secondary N) is 1. The Hall–Kier alpha value is -1.23. The molecule has 1 unspecified atom stereocenters. The van der Waals surface area contributed by atoms with Crippen LogP contribution in [0.25, 0.3) is 0 Å². The van der Waals surface area contributed by atoms with Crippen LogP contribution in [0, 0.1) is 0 Å². The molecule has 0 amide bonds. The minimum atomic E-state index is -4.09. The first kappa shape index (κ1) is 16.8. The van der Waals surface area contributed by atoms with Crippen LogP contribution in [0.1, 0.15) is 31.7 Å². The quantitative estimate of drug-likeness (QED) is 0.782. The van der Waals surface area contributed by atoms with Gasteiger partial charge in [0.15, 0.2) is 0 Å². The summed E-state index contributed by atoms with van der Waals surface area (Å²) < 4.78 is 42.1. The van der Waals surface area contributed by atoms with Crippen LogP contribution in [0.5, 0.6) is 5.75 Å². The molecule has 1 rings (SSSR count). The molecule has 0 fully saturated rings. The van der Waals surface area contributed by atoms with Gasteiger partial charge in [0.05, 0.1) is 7.11 Å².